The quantitative estimate of drug-likeness (QED) is 0.787. The molecule has 0 saturated carbocycles. The average molecular weight is 240 g/mol. The second kappa shape index (κ2) is 4.58. The van der Waals surface area contributed by atoms with Gasteiger partial charge in [0.2, 0.25) is 0 Å². The SMILES string of the molecule is N#CCNC(=O)c1ccc(Br)cn1. The van der Waals surface area contributed by atoms with E-state index in [1.54, 1.807) is 12.1 Å². The molecule has 0 unspecified atom stereocenters. The molecule has 66 valence electrons. The molecule has 1 aromatic rings. The number of pyridine rings is 1. The summed E-state index contributed by atoms with van der Waals surface area (Å²) in [6, 6.07) is 5.11. The lowest BCUT2D eigenvalue weighted by atomic mass is 10.3. The molecule has 13 heavy (non-hydrogen) atoms. The van der Waals surface area contributed by atoms with Crippen LogP contribution in [0.15, 0.2) is 22.8 Å². The molecule has 4 nitrogen and oxygen atoms in total. The summed E-state index contributed by atoms with van der Waals surface area (Å²) in [6.45, 7) is -0.00340. The van der Waals surface area contributed by atoms with E-state index < -0.39 is 0 Å². The van der Waals surface area contributed by atoms with Gasteiger partial charge in [-0.05, 0) is 28.1 Å². The molecule has 0 aliphatic heterocycles. The van der Waals surface area contributed by atoms with Crippen molar-refractivity contribution in [2.24, 2.45) is 0 Å². The molecule has 1 amide bonds. The first-order valence-electron chi connectivity index (χ1n) is 3.50. The van der Waals surface area contributed by atoms with Gasteiger partial charge >= 0.3 is 0 Å². The molecule has 5 heteroatoms. The third-order valence-electron chi connectivity index (χ3n) is 1.29. The molecule has 1 heterocycles. The first kappa shape index (κ1) is 9.68. The third kappa shape index (κ3) is 2.84. The number of aromatic nitrogens is 1. The monoisotopic (exact) mass is 239 g/mol. The zero-order valence-electron chi connectivity index (χ0n) is 6.62. The smallest absolute Gasteiger partial charge is 0.270 e. The van der Waals surface area contributed by atoms with E-state index in [2.05, 4.69) is 26.2 Å². The molecule has 1 rings (SSSR count). The zero-order chi connectivity index (χ0) is 9.68. The van der Waals surface area contributed by atoms with E-state index in [-0.39, 0.29) is 12.5 Å². The molecular weight excluding hydrogens is 234 g/mol. The summed E-state index contributed by atoms with van der Waals surface area (Å²) < 4.78 is 0.810. The highest BCUT2D eigenvalue weighted by Crippen LogP contribution is 2.06. The Morgan fingerprint density at radius 3 is 3.00 bits per heavy atom. The number of nitrogens with one attached hydrogen (secondary N) is 1. The number of carbonyl (C=O) groups is 1. The fraction of sp³-hybridized carbons (Fsp3) is 0.125. The Hall–Kier alpha value is -1.41. The summed E-state index contributed by atoms with van der Waals surface area (Å²) in [4.78, 5) is 15.0. The molecule has 0 aromatic carbocycles. The molecule has 0 fully saturated rings. The maximum absolute atomic E-state index is 11.2. The number of carbonyl (C=O) groups excluding carboxylic acids is 1. The van der Waals surface area contributed by atoms with Crippen LogP contribution in [0, 0.1) is 11.3 Å². The fourth-order valence-electron chi connectivity index (χ4n) is 0.720. The number of hydrogen-bond acceptors (Lipinski definition) is 3. The van der Waals surface area contributed by atoms with Gasteiger partial charge in [0.15, 0.2) is 0 Å². The van der Waals surface area contributed by atoms with Crippen LogP contribution in [0.4, 0.5) is 0 Å². The first-order chi connectivity index (χ1) is 6.24. The molecule has 0 aliphatic carbocycles. The van der Waals surface area contributed by atoms with Crippen molar-refractivity contribution in [3.8, 4) is 6.07 Å². The number of hydrogen-bond donors (Lipinski definition) is 1. The first-order valence-corrected chi connectivity index (χ1v) is 4.30. The van der Waals surface area contributed by atoms with Crippen molar-refractivity contribution >= 4 is 21.8 Å². The number of halogens is 1. The Labute approximate surface area is 83.7 Å². The van der Waals surface area contributed by atoms with Gasteiger partial charge < -0.3 is 5.32 Å². The summed E-state index contributed by atoms with van der Waals surface area (Å²) in [7, 11) is 0. The van der Waals surface area contributed by atoms with Crippen LogP contribution >= 0.6 is 15.9 Å². The lowest BCUT2D eigenvalue weighted by molar-refractivity contribution is 0.0953. The molecule has 0 saturated heterocycles. The van der Waals surface area contributed by atoms with Crippen LogP contribution in [0.3, 0.4) is 0 Å². The van der Waals surface area contributed by atoms with Gasteiger partial charge in [-0.25, -0.2) is 4.98 Å². The van der Waals surface area contributed by atoms with Crippen LogP contribution < -0.4 is 5.32 Å². The standard InChI is InChI=1S/C8H6BrN3O/c9-6-1-2-7(12-5-6)8(13)11-4-3-10/h1-2,5H,4H2,(H,11,13). The Morgan fingerprint density at radius 1 is 1.69 bits per heavy atom. The molecule has 0 atom stereocenters. The van der Waals surface area contributed by atoms with Gasteiger partial charge in [0.25, 0.3) is 5.91 Å². The van der Waals surface area contributed by atoms with Crippen LogP contribution in [0.2, 0.25) is 0 Å². The maximum Gasteiger partial charge on any atom is 0.270 e. The number of rotatable bonds is 2. The zero-order valence-corrected chi connectivity index (χ0v) is 8.21. The van der Waals surface area contributed by atoms with Gasteiger partial charge in [-0.3, -0.25) is 4.79 Å². The summed E-state index contributed by atoms with van der Waals surface area (Å²) in [5.74, 6) is -0.339. The molecule has 1 N–H and O–H groups in total. The van der Waals surface area contributed by atoms with E-state index in [0.717, 1.165) is 4.47 Å². The van der Waals surface area contributed by atoms with Gasteiger partial charge in [0, 0.05) is 10.7 Å². The number of amides is 1. The summed E-state index contributed by atoms with van der Waals surface area (Å²) in [5, 5.41) is 10.6. The lowest BCUT2D eigenvalue weighted by Gasteiger charge is -1.98. The molecule has 0 aliphatic rings. The van der Waals surface area contributed by atoms with Crippen LogP contribution in [0.25, 0.3) is 0 Å². The minimum atomic E-state index is -0.339. The van der Waals surface area contributed by atoms with Crippen molar-refractivity contribution in [2.45, 2.75) is 0 Å². The van der Waals surface area contributed by atoms with E-state index in [4.69, 9.17) is 5.26 Å². The van der Waals surface area contributed by atoms with Crippen molar-refractivity contribution in [3.63, 3.8) is 0 Å². The number of nitrogens with zero attached hydrogens (tertiary/aromatic N) is 2. The Kier molecular flexibility index (Phi) is 3.41. The number of nitriles is 1. The topological polar surface area (TPSA) is 65.8 Å². The van der Waals surface area contributed by atoms with Gasteiger partial charge in [-0.2, -0.15) is 5.26 Å². The summed E-state index contributed by atoms with van der Waals surface area (Å²) in [5.41, 5.74) is 0.304. The minimum absolute atomic E-state index is 0.00340. The van der Waals surface area contributed by atoms with Crippen molar-refractivity contribution in [1.82, 2.24) is 10.3 Å². The maximum atomic E-state index is 11.2. The van der Waals surface area contributed by atoms with Gasteiger partial charge in [-0.15, -0.1) is 0 Å². The highest BCUT2D eigenvalue weighted by Gasteiger charge is 2.04. The lowest BCUT2D eigenvalue weighted by Crippen LogP contribution is -2.24. The van der Waals surface area contributed by atoms with Crippen molar-refractivity contribution in [3.05, 3.63) is 28.5 Å². The molecule has 1 aromatic heterocycles. The van der Waals surface area contributed by atoms with Crippen LogP contribution in [-0.4, -0.2) is 17.4 Å². The third-order valence-corrected chi connectivity index (χ3v) is 1.76. The Bertz CT molecular complexity index is 341. The van der Waals surface area contributed by atoms with Gasteiger partial charge in [0.05, 0.1) is 6.07 Å². The average Bonchev–Trinajstić information content (AvgIpc) is 2.15. The predicted molar refractivity (Wildman–Crippen MR) is 49.9 cm³/mol. The second-order valence-electron chi connectivity index (χ2n) is 2.20. The van der Waals surface area contributed by atoms with Crippen molar-refractivity contribution in [1.29, 1.82) is 5.26 Å². The van der Waals surface area contributed by atoms with Crippen LogP contribution in [0.1, 0.15) is 10.5 Å². The van der Waals surface area contributed by atoms with Crippen molar-refractivity contribution < 1.29 is 4.79 Å². The van der Waals surface area contributed by atoms with E-state index in [1.807, 2.05) is 6.07 Å². The highest BCUT2D eigenvalue weighted by atomic mass is 79.9. The molecule has 0 spiro atoms. The molecule has 0 radical (unpaired) electrons. The van der Waals surface area contributed by atoms with Crippen LogP contribution in [-0.2, 0) is 0 Å². The second-order valence-corrected chi connectivity index (χ2v) is 3.12. The van der Waals surface area contributed by atoms with E-state index in [9.17, 15) is 4.79 Å². The highest BCUT2D eigenvalue weighted by molar-refractivity contribution is 9.10. The van der Waals surface area contributed by atoms with Crippen molar-refractivity contribution in [2.75, 3.05) is 6.54 Å². The van der Waals surface area contributed by atoms with E-state index in [0.29, 0.717) is 5.69 Å². The molecular formula is C8H6BrN3O. The van der Waals surface area contributed by atoms with Gasteiger partial charge in [0.1, 0.15) is 12.2 Å². The van der Waals surface area contributed by atoms with Crippen LogP contribution in [0.5, 0.6) is 0 Å². The summed E-state index contributed by atoms with van der Waals surface area (Å²) >= 11 is 3.20. The largest absolute Gasteiger partial charge is 0.338 e. The molecule has 0 bridgehead atoms. The van der Waals surface area contributed by atoms with E-state index in [1.165, 1.54) is 6.20 Å². The fourth-order valence-corrected chi connectivity index (χ4v) is 0.955. The minimum Gasteiger partial charge on any atom is -0.338 e. The van der Waals surface area contributed by atoms with Gasteiger partial charge in [-0.1, -0.05) is 0 Å². The summed E-state index contributed by atoms with van der Waals surface area (Å²) in [6.07, 6.45) is 1.53. The predicted octanol–water partition coefficient (Wildman–Crippen LogP) is 1.10. The normalized spacial score (nSPS) is 8.92. The Morgan fingerprint density at radius 2 is 2.46 bits per heavy atom. The Balaban J connectivity index is 2.68. The van der Waals surface area contributed by atoms with E-state index >= 15 is 0 Å².